The highest BCUT2D eigenvalue weighted by atomic mass is 16.5. The zero-order valence-corrected chi connectivity index (χ0v) is 8.77. The van der Waals surface area contributed by atoms with E-state index in [1.807, 2.05) is 12.1 Å². The molecule has 15 heavy (non-hydrogen) atoms. The van der Waals surface area contributed by atoms with E-state index >= 15 is 0 Å². The number of carbonyl (C=O) groups excluding carboxylic acids is 1. The Hall–Kier alpha value is -1.35. The Labute approximate surface area is 89.2 Å². The first-order valence-corrected chi connectivity index (χ1v) is 5.13. The topological polar surface area (TPSA) is 52.3 Å². The van der Waals surface area contributed by atoms with E-state index in [0.29, 0.717) is 12.5 Å². The molecule has 2 N–H and O–H groups in total. The summed E-state index contributed by atoms with van der Waals surface area (Å²) in [7, 11) is 1.44. The van der Waals surface area contributed by atoms with Gasteiger partial charge in [0.1, 0.15) is 0 Å². The zero-order valence-electron chi connectivity index (χ0n) is 8.77. The number of benzene rings is 1. The lowest BCUT2D eigenvalue weighted by Gasteiger charge is -2.01. The van der Waals surface area contributed by atoms with E-state index in [9.17, 15) is 4.79 Å². The van der Waals surface area contributed by atoms with Crippen molar-refractivity contribution in [2.75, 3.05) is 7.11 Å². The van der Waals surface area contributed by atoms with Gasteiger partial charge in [-0.1, -0.05) is 24.3 Å². The normalized spacial score (nSPS) is 23.6. The minimum atomic E-state index is -0.0945. The van der Waals surface area contributed by atoms with Crippen LogP contribution in [0, 0.1) is 5.92 Å². The summed E-state index contributed by atoms with van der Waals surface area (Å²) < 4.78 is 4.71. The predicted octanol–water partition coefficient (Wildman–Crippen LogP) is 1.42. The fraction of sp³-hybridized carbons (Fsp3) is 0.417. The van der Waals surface area contributed by atoms with Crippen molar-refractivity contribution in [2.24, 2.45) is 11.7 Å². The average molecular weight is 205 g/mol. The summed E-state index contributed by atoms with van der Waals surface area (Å²) in [5.74, 6) is 0.325. The Morgan fingerprint density at radius 3 is 2.67 bits per heavy atom. The lowest BCUT2D eigenvalue weighted by Crippen LogP contribution is -2.04. The van der Waals surface area contributed by atoms with Gasteiger partial charge < -0.3 is 10.5 Å². The van der Waals surface area contributed by atoms with E-state index in [1.54, 1.807) is 0 Å². The molecule has 0 aromatic heterocycles. The molecule has 1 aliphatic carbocycles. The van der Waals surface area contributed by atoms with Crippen LogP contribution in [0.25, 0.3) is 0 Å². The lowest BCUT2D eigenvalue weighted by atomic mass is 10.1. The zero-order chi connectivity index (χ0) is 10.8. The first kappa shape index (κ1) is 10.2. The standard InChI is InChI=1S/C12H15NO2/c1-15-12(14)11-6-10(11)9-4-2-8(7-13)3-5-9/h2-5,10-11H,6-7,13H2,1H3/t10-,11+/m0/s1. The van der Waals surface area contributed by atoms with E-state index in [1.165, 1.54) is 12.7 Å². The van der Waals surface area contributed by atoms with Crippen molar-refractivity contribution in [2.45, 2.75) is 18.9 Å². The Kier molecular flexibility index (Phi) is 2.73. The fourth-order valence-electron chi connectivity index (χ4n) is 1.88. The number of hydrogen-bond donors (Lipinski definition) is 1. The summed E-state index contributed by atoms with van der Waals surface area (Å²) in [5.41, 5.74) is 7.84. The fourth-order valence-corrected chi connectivity index (χ4v) is 1.88. The molecular weight excluding hydrogens is 190 g/mol. The number of esters is 1. The monoisotopic (exact) mass is 205 g/mol. The van der Waals surface area contributed by atoms with E-state index in [-0.39, 0.29) is 11.9 Å². The third-order valence-electron chi connectivity index (χ3n) is 2.94. The van der Waals surface area contributed by atoms with Gasteiger partial charge in [-0.3, -0.25) is 4.79 Å². The van der Waals surface area contributed by atoms with Gasteiger partial charge in [-0.25, -0.2) is 0 Å². The number of rotatable bonds is 3. The summed E-state index contributed by atoms with van der Waals surface area (Å²) in [4.78, 5) is 11.2. The van der Waals surface area contributed by atoms with Crippen LogP contribution in [0.3, 0.4) is 0 Å². The van der Waals surface area contributed by atoms with Crippen LogP contribution in [0.1, 0.15) is 23.5 Å². The molecular formula is C12H15NO2. The second kappa shape index (κ2) is 4.03. The van der Waals surface area contributed by atoms with Gasteiger partial charge in [0.15, 0.2) is 0 Å². The number of hydrogen-bond acceptors (Lipinski definition) is 3. The van der Waals surface area contributed by atoms with E-state index < -0.39 is 0 Å². The van der Waals surface area contributed by atoms with Crippen molar-refractivity contribution in [3.8, 4) is 0 Å². The summed E-state index contributed by atoms with van der Waals surface area (Å²) in [6.45, 7) is 0.561. The van der Waals surface area contributed by atoms with Gasteiger partial charge in [0.05, 0.1) is 13.0 Å². The molecule has 0 spiro atoms. The highest BCUT2D eigenvalue weighted by Gasteiger charge is 2.44. The summed E-state index contributed by atoms with van der Waals surface area (Å²) in [6.07, 6.45) is 0.911. The Balaban J connectivity index is 2.04. The van der Waals surface area contributed by atoms with Crippen LogP contribution in [0.4, 0.5) is 0 Å². The number of methoxy groups -OCH3 is 1. The van der Waals surface area contributed by atoms with Crippen molar-refractivity contribution >= 4 is 5.97 Å². The molecule has 1 aromatic rings. The Morgan fingerprint density at radius 1 is 1.47 bits per heavy atom. The maximum absolute atomic E-state index is 11.2. The van der Waals surface area contributed by atoms with Crippen molar-refractivity contribution < 1.29 is 9.53 Å². The Morgan fingerprint density at radius 2 is 2.13 bits per heavy atom. The molecule has 0 heterocycles. The number of ether oxygens (including phenoxy) is 1. The Bertz CT molecular complexity index is 358. The average Bonchev–Trinajstić information content (AvgIpc) is 3.08. The van der Waals surface area contributed by atoms with Gasteiger partial charge in [-0.15, -0.1) is 0 Å². The molecule has 1 aliphatic rings. The highest BCUT2D eigenvalue weighted by molar-refractivity contribution is 5.77. The minimum Gasteiger partial charge on any atom is -0.469 e. The second-order valence-electron chi connectivity index (χ2n) is 3.92. The van der Waals surface area contributed by atoms with Crippen LogP contribution in [-0.4, -0.2) is 13.1 Å². The third-order valence-corrected chi connectivity index (χ3v) is 2.94. The number of carbonyl (C=O) groups is 1. The predicted molar refractivity (Wildman–Crippen MR) is 57.2 cm³/mol. The molecule has 0 radical (unpaired) electrons. The van der Waals surface area contributed by atoms with Crippen LogP contribution in [-0.2, 0) is 16.1 Å². The molecule has 2 rings (SSSR count). The maximum atomic E-state index is 11.2. The van der Waals surface area contributed by atoms with Crippen LogP contribution in [0.15, 0.2) is 24.3 Å². The summed E-state index contributed by atoms with van der Waals surface area (Å²) >= 11 is 0. The van der Waals surface area contributed by atoms with Crippen LogP contribution in [0.2, 0.25) is 0 Å². The maximum Gasteiger partial charge on any atom is 0.309 e. The first-order chi connectivity index (χ1) is 7.26. The molecule has 3 heteroatoms. The quantitative estimate of drug-likeness (QED) is 0.759. The minimum absolute atomic E-state index is 0.0683. The molecule has 1 saturated carbocycles. The van der Waals surface area contributed by atoms with Gasteiger partial charge in [0.2, 0.25) is 0 Å². The van der Waals surface area contributed by atoms with E-state index in [0.717, 1.165) is 12.0 Å². The van der Waals surface area contributed by atoms with Gasteiger partial charge in [-0.2, -0.15) is 0 Å². The third kappa shape index (κ3) is 2.02. The van der Waals surface area contributed by atoms with Crippen molar-refractivity contribution in [3.63, 3.8) is 0 Å². The lowest BCUT2D eigenvalue weighted by molar-refractivity contribution is -0.142. The van der Waals surface area contributed by atoms with E-state index in [4.69, 9.17) is 10.5 Å². The molecule has 0 amide bonds. The van der Waals surface area contributed by atoms with Crippen molar-refractivity contribution in [3.05, 3.63) is 35.4 Å². The molecule has 2 atom stereocenters. The van der Waals surface area contributed by atoms with Crippen molar-refractivity contribution in [1.29, 1.82) is 0 Å². The molecule has 1 aromatic carbocycles. The molecule has 0 unspecified atom stereocenters. The second-order valence-corrected chi connectivity index (χ2v) is 3.92. The molecule has 1 fully saturated rings. The summed E-state index contributed by atoms with van der Waals surface area (Å²) in [5, 5.41) is 0. The number of nitrogens with two attached hydrogens (primary N) is 1. The molecule has 3 nitrogen and oxygen atoms in total. The first-order valence-electron chi connectivity index (χ1n) is 5.13. The van der Waals surface area contributed by atoms with E-state index in [2.05, 4.69) is 12.1 Å². The van der Waals surface area contributed by atoms with Gasteiger partial charge in [0.25, 0.3) is 0 Å². The molecule has 0 bridgehead atoms. The molecule has 80 valence electrons. The van der Waals surface area contributed by atoms with Crippen LogP contribution in [0.5, 0.6) is 0 Å². The van der Waals surface area contributed by atoms with Crippen LogP contribution >= 0.6 is 0 Å². The highest BCUT2D eigenvalue weighted by Crippen LogP contribution is 2.47. The summed E-state index contributed by atoms with van der Waals surface area (Å²) in [6, 6.07) is 8.13. The molecule has 0 aliphatic heterocycles. The SMILES string of the molecule is COC(=O)[C@@H]1C[C@H]1c1ccc(CN)cc1. The van der Waals surface area contributed by atoms with Crippen LogP contribution < -0.4 is 5.73 Å². The van der Waals surface area contributed by atoms with Gasteiger partial charge in [-0.05, 0) is 23.5 Å². The van der Waals surface area contributed by atoms with Gasteiger partial charge >= 0.3 is 5.97 Å². The molecule has 0 saturated heterocycles. The smallest absolute Gasteiger partial charge is 0.309 e. The largest absolute Gasteiger partial charge is 0.469 e. The van der Waals surface area contributed by atoms with Crippen molar-refractivity contribution in [1.82, 2.24) is 0 Å². The van der Waals surface area contributed by atoms with Gasteiger partial charge in [0, 0.05) is 6.54 Å².